The van der Waals surface area contributed by atoms with Gasteiger partial charge in [-0.05, 0) is 31.5 Å². The summed E-state index contributed by atoms with van der Waals surface area (Å²) in [7, 11) is 1.42. The first kappa shape index (κ1) is 16.8. The van der Waals surface area contributed by atoms with Gasteiger partial charge in [-0.1, -0.05) is 13.3 Å². The molecule has 7 heteroatoms. The Morgan fingerprint density at radius 1 is 1.35 bits per heavy atom. The van der Waals surface area contributed by atoms with Gasteiger partial charge in [0.25, 0.3) is 15.0 Å². The molecule has 0 heterocycles. The summed E-state index contributed by atoms with van der Waals surface area (Å²) in [6.45, 7) is 4.63. The molecule has 0 aliphatic heterocycles. The third-order valence-electron chi connectivity index (χ3n) is 2.56. The molecule has 1 rings (SSSR count). The summed E-state index contributed by atoms with van der Waals surface area (Å²) in [6, 6.07) is 4.20. The van der Waals surface area contributed by atoms with Gasteiger partial charge >= 0.3 is 0 Å². The maximum Gasteiger partial charge on any atom is 0.265 e. The van der Waals surface area contributed by atoms with Crippen LogP contribution in [0.1, 0.15) is 37.0 Å². The van der Waals surface area contributed by atoms with Gasteiger partial charge in [0, 0.05) is 22.8 Å². The molecule has 1 N–H and O–H groups in total. The second kappa shape index (κ2) is 7.50. The molecule has 0 fully saturated rings. The fourth-order valence-electron chi connectivity index (χ4n) is 1.55. The number of unbranched alkanes of at least 4 members (excludes halogenated alkanes) is 1. The smallest absolute Gasteiger partial charge is 0.265 e. The summed E-state index contributed by atoms with van der Waals surface area (Å²) in [6.07, 6.45) is 1.74. The highest BCUT2D eigenvalue weighted by Crippen LogP contribution is 2.28. The van der Waals surface area contributed by atoms with E-state index in [-0.39, 0.29) is 22.1 Å². The van der Waals surface area contributed by atoms with Gasteiger partial charge in [-0.15, -0.1) is 0 Å². The van der Waals surface area contributed by atoms with Gasteiger partial charge < -0.3 is 10.1 Å². The van der Waals surface area contributed by atoms with Crippen LogP contribution in [-0.2, 0) is 9.05 Å². The average Bonchev–Trinajstić information content (AvgIpc) is 2.38. The summed E-state index contributed by atoms with van der Waals surface area (Å²) in [5.74, 6) is -0.185. The maximum atomic E-state index is 11.7. The van der Waals surface area contributed by atoms with E-state index in [0.29, 0.717) is 13.2 Å². The molecular formula is C13H18ClNO4S. The SMILES string of the molecule is CCCCOc1ccc(C(=O)NCC)cc1S(=O)(=O)Cl. The molecule has 112 valence electrons. The van der Waals surface area contributed by atoms with Crippen LogP contribution in [0.15, 0.2) is 23.1 Å². The zero-order valence-electron chi connectivity index (χ0n) is 11.5. The minimum Gasteiger partial charge on any atom is -0.492 e. The quantitative estimate of drug-likeness (QED) is 0.619. The van der Waals surface area contributed by atoms with E-state index in [0.717, 1.165) is 12.8 Å². The molecule has 0 saturated carbocycles. The van der Waals surface area contributed by atoms with Crippen molar-refractivity contribution in [2.75, 3.05) is 13.2 Å². The van der Waals surface area contributed by atoms with Crippen LogP contribution in [0, 0.1) is 0 Å². The lowest BCUT2D eigenvalue weighted by atomic mass is 10.2. The minimum atomic E-state index is -3.97. The van der Waals surface area contributed by atoms with Crippen LogP contribution in [-0.4, -0.2) is 27.5 Å². The van der Waals surface area contributed by atoms with Crippen molar-refractivity contribution in [3.63, 3.8) is 0 Å². The van der Waals surface area contributed by atoms with Crippen LogP contribution in [0.2, 0.25) is 0 Å². The van der Waals surface area contributed by atoms with Crippen LogP contribution < -0.4 is 10.1 Å². The Bertz CT molecular complexity index is 572. The van der Waals surface area contributed by atoms with Crippen LogP contribution >= 0.6 is 10.7 Å². The van der Waals surface area contributed by atoms with Gasteiger partial charge in [0.1, 0.15) is 10.6 Å². The number of rotatable bonds is 7. The van der Waals surface area contributed by atoms with E-state index in [2.05, 4.69) is 5.32 Å². The van der Waals surface area contributed by atoms with Crippen molar-refractivity contribution < 1.29 is 17.9 Å². The van der Waals surface area contributed by atoms with Crippen molar-refractivity contribution in [2.24, 2.45) is 0 Å². The average molecular weight is 320 g/mol. The van der Waals surface area contributed by atoms with Gasteiger partial charge in [0.05, 0.1) is 6.61 Å². The van der Waals surface area contributed by atoms with Crippen LogP contribution in [0.25, 0.3) is 0 Å². The monoisotopic (exact) mass is 319 g/mol. The summed E-state index contributed by atoms with van der Waals surface area (Å²) in [4.78, 5) is 11.5. The van der Waals surface area contributed by atoms with Crippen molar-refractivity contribution in [2.45, 2.75) is 31.6 Å². The topological polar surface area (TPSA) is 72.5 Å². The second-order valence-electron chi connectivity index (χ2n) is 4.16. The lowest BCUT2D eigenvalue weighted by molar-refractivity contribution is 0.0955. The first-order valence-corrected chi connectivity index (χ1v) is 8.70. The Hall–Kier alpha value is -1.27. The van der Waals surface area contributed by atoms with Crippen LogP contribution in [0.3, 0.4) is 0 Å². The zero-order valence-corrected chi connectivity index (χ0v) is 13.1. The predicted octanol–water partition coefficient (Wildman–Crippen LogP) is 2.54. The van der Waals surface area contributed by atoms with E-state index >= 15 is 0 Å². The van der Waals surface area contributed by atoms with E-state index in [4.69, 9.17) is 15.4 Å². The Balaban J connectivity index is 3.11. The highest BCUT2D eigenvalue weighted by molar-refractivity contribution is 8.13. The third-order valence-corrected chi connectivity index (χ3v) is 3.90. The molecule has 0 atom stereocenters. The molecule has 0 aromatic heterocycles. The molecule has 0 saturated heterocycles. The van der Waals surface area contributed by atoms with Gasteiger partial charge in [0.2, 0.25) is 0 Å². The molecule has 0 aliphatic rings. The Morgan fingerprint density at radius 2 is 2.05 bits per heavy atom. The molecule has 1 amide bonds. The van der Waals surface area contributed by atoms with E-state index in [1.54, 1.807) is 6.92 Å². The molecule has 0 radical (unpaired) electrons. The number of carbonyl (C=O) groups is 1. The first-order chi connectivity index (χ1) is 9.40. The van der Waals surface area contributed by atoms with Crippen molar-refractivity contribution in [1.29, 1.82) is 0 Å². The predicted molar refractivity (Wildman–Crippen MR) is 77.9 cm³/mol. The fraction of sp³-hybridized carbons (Fsp3) is 0.462. The molecule has 0 unspecified atom stereocenters. The largest absolute Gasteiger partial charge is 0.492 e. The van der Waals surface area contributed by atoms with Crippen molar-refractivity contribution in [1.82, 2.24) is 5.32 Å². The van der Waals surface area contributed by atoms with Crippen molar-refractivity contribution >= 4 is 25.6 Å². The summed E-state index contributed by atoms with van der Waals surface area (Å²) >= 11 is 0. The summed E-state index contributed by atoms with van der Waals surface area (Å²) < 4.78 is 28.5. The van der Waals surface area contributed by atoms with E-state index in [1.165, 1.54) is 18.2 Å². The Morgan fingerprint density at radius 3 is 2.60 bits per heavy atom. The van der Waals surface area contributed by atoms with Crippen molar-refractivity contribution in [3.8, 4) is 5.75 Å². The minimum absolute atomic E-state index is 0.168. The Kier molecular flexibility index (Phi) is 6.29. The molecule has 0 aliphatic carbocycles. The van der Waals surface area contributed by atoms with Gasteiger partial charge in [0.15, 0.2) is 0 Å². The van der Waals surface area contributed by atoms with E-state index in [1.807, 2.05) is 6.92 Å². The van der Waals surface area contributed by atoms with Crippen LogP contribution in [0.4, 0.5) is 0 Å². The molecule has 0 spiro atoms. The molecule has 1 aromatic rings. The molecular weight excluding hydrogens is 302 g/mol. The van der Waals surface area contributed by atoms with Gasteiger partial charge in [-0.3, -0.25) is 4.79 Å². The number of carbonyl (C=O) groups excluding carboxylic acids is 1. The number of amides is 1. The first-order valence-electron chi connectivity index (χ1n) is 6.39. The number of hydrogen-bond donors (Lipinski definition) is 1. The zero-order chi connectivity index (χ0) is 15.2. The molecule has 5 nitrogen and oxygen atoms in total. The number of ether oxygens (including phenoxy) is 1. The third kappa shape index (κ3) is 4.68. The van der Waals surface area contributed by atoms with E-state index < -0.39 is 9.05 Å². The number of hydrogen-bond acceptors (Lipinski definition) is 4. The normalized spacial score (nSPS) is 11.2. The number of nitrogens with one attached hydrogen (secondary N) is 1. The molecule has 20 heavy (non-hydrogen) atoms. The standard InChI is InChI=1S/C13H18ClNO4S/c1-3-5-8-19-11-7-6-10(13(16)15-4-2)9-12(11)20(14,17)18/h6-7,9H,3-5,8H2,1-2H3,(H,15,16). The highest BCUT2D eigenvalue weighted by Gasteiger charge is 2.19. The number of benzene rings is 1. The van der Waals surface area contributed by atoms with E-state index in [9.17, 15) is 13.2 Å². The Labute approximate surface area is 123 Å². The fourth-order valence-corrected chi connectivity index (χ4v) is 2.54. The lowest BCUT2D eigenvalue weighted by Crippen LogP contribution is -2.22. The number of halogens is 1. The summed E-state index contributed by atoms with van der Waals surface area (Å²) in [5, 5.41) is 2.59. The lowest BCUT2D eigenvalue weighted by Gasteiger charge is -2.11. The van der Waals surface area contributed by atoms with Gasteiger partial charge in [-0.2, -0.15) is 0 Å². The van der Waals surface area contributed by atoms with Crippen molar-refractivity contribution in [3.05, 3.63) is 23.8 Å². The van der Waals surface area contributed by atoms with Crippen LogP contribution in [0.5, 0.6) is 5.75 Å². The second-order valence-corrected chi connectivity index (χ2v) is 6.70. The highest BCUT2D eigenvalue weighted by atomic mass is 35.7. The maximum absolute atomic E-state index is 11.7. The summed E-state index contributed by atoms with van der Waals surface area (Å²) in [5.41, 5.74) is 0.230. The van der Waals surface area contributed by atoms with Gasteiger partial charge in [-0.25, -0.2) is 8.42 Å². The molecule has 1 aromatic carbocycles. The molecule has 0 bridgehead atoms.